The number of pyridine rings is 1. The van der Waals surface area contributed by atoms with Crippen LogP contribution in [-0.4, -0.2) is 4.98 Å². The molecule has 0 aliphatic heterocycles. The first-order valence-electron chi connectivity index (χ1n) is 7.05. The molecular weight excluding hydrogens is 280 g/mol. The average Bonchev–Trinajstić information content (AvgIpc) is 2.52. The van der Waals surface area contributed by atoms with Crippen LogP contribution in [0.3, 0.4) is 0 Å². The van der Waals surface area contributed by atoms with E-state index in [0.29, 0.717) is 0 Å². The molecule has 0 amide bonds. The number of fused-ring (bicyclic) bond motifs is 1. The SMILES string of the molecule is C[C@H](NCc1ccnc2ccccc12)c1cccc(Cl)c1. The predicted octanol–water partition coefficient (Wildman–Crippen LogP) is 4.74. The molecule has 3 aromatic rings. The molecule has 2 nitrogen and oxygen atoms in total. The lowest BCUT2D eigenvalue weighted by Gasteiger charge is -2.15. The second-order valence-corrected chi connectivity index (χ2v) is 5.58. The van der Waals surface area contributed by atoms with Gasteiger partial charge in [0.15, 0.2) is 0 Å². The zero-order valence-corrected chi connectivity index (χ0v) is 12.6. The standard InChI is InChI=1S/C18H17ClN2/c1-13(14-5-4-6-16(19)11-14)21-12-15-9-10-20-18-8-3-2-7-17(15)18/h2-11,13,21H,12H2,1H3/t13-/m0/s1. The van der Waals surface area contributed by atoms with Crippen LogP contribution < -0.4 is 5.32 Å². The minimum absolute atomic E-state index is 0.246. The lowest BCUT2D eigenvalue weighted by molar-refractivity contribution is 0.576. The summed E-state index contributed by atoms with van der Waals surface area (Å²) in [7, 11) is 0. The zero-order valence-electron chi connectivity index (χ0n) is 11.9. The number of para-hydroxylation sites is 1. The minimum Gasteiger partial charge on any atom is -0.306 e. The monoisotopic (exact) mass is 296 g/mol. The topological polar surface area (TPSA) is 24.9 Å². The molecule has 0 aliphatic rings. The molecule has 1 heterocycles. The summed E-state index contributed by atoms with van der Waals surface area (Å²) in [5, 5.41) is 5.52. The van der Waals surface area contributed by atoms with E-state index in [2.05, 4.69) is 35.4 Å². The second-order valence-electron chi connectivity index (χ2n) is 5.14. The fourth-order valence-corrected chi connectivity index (χ4v) is 2.66. The van der Waals surface area contributed by atoms with E-state index in [4.69, 9.17) is 11.6 Å². The number of nitrogens with zero attached hydrogens (tertiary/aromatic N) is 1. The Kier molecular flexibility index (Phi) is 4.18. The van der Waals surface area contributed by atoms with Crippen molar-refractivity contribution in [1.82, 2.24) is 10.3 Å². The number of nitrogens with one attached hydrogen (secondary N) is 1. The summed E-state index contributed by atoms with van der Waals surface area (Å²) in [6.45, 7) is 2.95. The zero-order chi connectivity index (χ0) is 14.7. The predicted molar refractivity (Wildman–Crippen MR) is 88.4 cm³/mol. The Morgan fingerprint density at radius 1 is 1.10 bits per heavy atom. The van der Waals surface area contributed by atoms with Gasteiger partial charge in [-0.15, -0.1) is 0 Å². The molecule has 3 rings (SSSR count). The van der Waals surface area contributed by atoms with Crippen molar-refractivity contribution in [2.75, 3.05) is 0 Å². The number of aromatic nitrogens is 1. The van der Waals surface area contributed by atoms with Crippen LogP contribution in [0.2, 0.25) is 5.02 Å². The highest BCUT2D eigenvalue weighted by Gasteiger charge is 2.07. The molecule has 0 saturated heterocycles. The second kappa shape index (κ2) is 6.25. The Morgan fingerprint density at radius 2 is 1.95 bits per heavy atom. The van der Waals surface area contributed by atoms with Crippen molar-refractivity contribution in [3.8, 4) is 0 Å². The number of hydrogen-bond donors (Lipinski definition) is 1. The van der Waals surface area contributed by atoms with Crippen LogP contribution in [-0.2, 0) is 6.54 Å². The van der Waals surface area contributed by atoms with Crippen LogP contribution in [0.5, 0.6) is 0 Å². The Balaban J connectivity index is 1.77. The summed E-state index contributed by atoms with van der Waals surface area (Å²) >= 11 is 6.05. The molecule has 106 valence electrons. The minimum atomic E-state index is 0.246. The molecule has 21 heavy (non-hydrogen) atoms. The smallest absolute Gasteiger partial charge is 0.0705 e. The van der Waals surface area contributed by atoms with E-state index in [1.165, 1.54) is 16.5 Å². The van der Waals surface area contributed by atoms with Crippen molar-refractivity contribution in [2.24, 2.45) is 0 Å². The van der Waals surface area contributed by atoms with Crippen LogP contribution in [0.25, 0.3) is 10.9 Å². The quantitative estimate of drug-likeness (QED) is 0.752. The number of hydrogen-bond acceptors (Lipinski definition) is 2. The van der Waals surface area contributed by atoms with E-state index < -0.39 is 0 Å². The van der Waals surface area contributed by atoms with E-state index in [1.807, 2.05) is 42.6 Å². The molecule has 0 saturated carbocycles. The van der Waals surface area contributed by atoms with Crippen molar-refractivity contribution in [1.29, 1.82) is 0 Å². The van der Waals surface area contributed by atoms with Gasteiger partial charge in [-0.1, -0.05) is 41.9 Å². The van der Waals surface area contributed by atoms with Crippen molar-refractivity contribution in [3.63, 3.8) is 0 Å². The molecule has 0 fully saturated rings. The van der Waals surface area contributed by atoms with Crippen molar-refractivity contribution < 1.29 is 0 Å². The Labute approximate surface area is 129 Å². The third-order valence-corrected chi connectivity index (χ3v) is 3.92. The summed E-state index contributed by atoms with van der Waals surface area (Å²) in [5.41, 5.74) is 3.49. The van der Waals surface area contributed by atoms with E-state index in [-0.39, 0.29) is 6.04 Å². The first-order valence-corrected chi connectivity index (χ1v) is 7.43. The van der Waals surface area contributed by atoms with Gasteiger partial charge < -0.3 is 5.32 Å². The molecule has 1 atom stereocenters. The van der Waals surface area contributed by atoms with Crippen LogP contribution >= 0.6 is 11.6 Å². The van der Waals surface area contributed by atoms with Crippen LogP contribution in [0.1, 0.15) is 24.1 Å². The fourth-order valence-electron chi connectivity index (χ4n) is 2.47. The molecule has 0 radical (unpaired) electrons. The van der Waals surface area contributed by atoms with Gasteiger partial charge in [-0.2, -0.15) is 0 Å². The number of rotatable bonds is 4. The highest BCUT2D eigenvalue weighted by atomic mass is 35.5. The molecule has 0 bridgehead atoms. The lowest BCUT2D eigenvalue weighted by Crippen LogP contribution is -2.18. The van der Waals surface area contributed by atoms with Crippen LogP contribution in [0.4, 0.5) is 0 Å². The van der Waals surface area contributed by atoms with Crippen molar-refractivity contribution in [3.05, 3.63) is 76.9 Å². The van der Waals surface area contributed by atoms with Gasteiger partial charge in [-0.05, 0) is 42.3 Å². The van der Waals surface area contributed by atoms with Gasteiger partial charge in [0.25, 0.3) is 0 Å². The summed E-state index contributed by atoms with van der Waals surface area (Å²) in [4.78, 5) is 4.39. The van der Waals surface area contributed by atoms with Crippen LogP contribution in [0, 0.1) is 0 Å². The lowest BCUT2D eigenvalue weighted by atomic mass is 10.1. The highest BCUT2D eigenvalue weighted by molar-refractivity contribution is 6.30. The summed E-state index contributed by atoms with van der Waals surface area (Å²) in [5.74, 6) is 0. The van der Waals surface area contributed by atoms with E-state index in [9.17, 15) is 0 Å². The Bertz CT molecular complexity index is 750. The average molecular weight is 297 g/mol. The Hall–Kier alpha value is -1.90. The largest absolute Gasteiger partial charge is 0.306 e. The normalized spacial score (nSPS) is 12.5. The van der Waals surface area contributed by atoms with Gasteiger partial charge in [0.1, 0.15) is 0 Å². The van der Waals surface area contributed by atoms with Gasteiger partial charge >= 0.3 is 0 Å². The molecule has 0 spiro atoms. The summed E-state index contributed by atoms with van der Waals surface area (Å²) in [6.07, 6.45) is 1.86. The molecule has 2 aromatic carbocycles. The highest BCUT2D eigenvalue weighted by Crippen LogP contribution is 2.20. The van der Waals surface area contributed by atoms with Gasteiger partial charge in [0.05, 0.1) is 5.52 Å². The van der Waals surface area contributed by atoms with Gasteiger partial charge in [0, 0.05) is 29.2 Å². The van der Waals surface area contributed by atoms with Gasteiger partial charge in [-0.25, -0.2) is 0 Å². The molecule has 0 aliphatic carbocycles. The first kappa shape index (κ1) is 14.1. The van der Waals surface area contributed by atoms with E-state index in [0.717, 1.165) is 17.1 Å². The third kappa shape index (κ3) is 3.23. The van der Waals surface area contributed by atoms with E-state index in [1.54, 1.807) is 0 Å². The first-order chi connectivity index (χ1) is 10.2. The number of benzene rings is 2. The molecule has 1 aromatic heterocycles. The maximum atomic E-state index is 6.05. The van der Waals surface area contributed by atoms with E-state index >= 15 is 0 Å². The van der Waals surface area contributed by atoms with Crippen molar-refractivity contribution >= 4 is 22.5 Å². The Morgan fingerprint density at radius 3 is 2.81 bits per heavy atom. The summed E-state index contributed by atoms with van der Waals surface area (Å²) in [6, 6.07) is 18.5. The maximum Gasteiger partial charge on any atom is 0.0705 e. The van der Waals surface area contributed by atoms with Crippen LogP contribution in [0.15, 0.2) is 60.8 Å². The molecule has 1 N–H and O–H groups in total. The summed E-state index contributed by atoms with van der Waals surface area (Å²) < 4.78 is 0. The van der Waals surface area contributed by atoms with Crippen molar-refractivity contribution in [2.45, 2.75) is 19.5 Å². The molecule has 0 unspecified atom stereocenters. The molecule has 3 heteroatoms. The maximum absolute atomic E-state index is 6.05. The molecular formula is C18H17ClN2. The third-order valence-electron chi connectivity index (χ3n) is 3.69. The van der Waals surface area contributed by atoms with Gasteiger partial charge in [-0.3, -0.25) is 4.98 Å². The number of halogens is 1. The fraction of sp³-hybridized carbons (Fsp3) is 0.167. The van der Waals surface area contributed by atoms with Gasteiger partial charge in [0.2, 0.25) is 0 Å².